The summed E-state index contributed by atoms with van der Waals surface area (Å²) in [6.07, 6.45) is 5.86. The van der Waals surface area contributed by atoms with E-state index in [1.807, 2.05) is 9.80 Å². The van der Waals surface area contributed by atoms with E-state index in [-0.39, 0.29) is 35.7 Å². The molecule has 174 valence electrons. The molecule has 3 aromatic rings. The van der Waals surface area contributed by atoms with Crippen molar-refractivity contribution in [3.63, 3.8) is 0 Å². The maximum atomic E-state index is 13.5. The normalized spacial score (nSPS) is 20.1. The fourth-order valence-electron chi connectivity index (χ4n) is 4.89. The number of rotatable bonds is 5. The van der Waals surface area contributed by atoms with Gasteiger partial charge in [-0.15, -0.1) is 0 Å². The van der Waals surface area contributed by atoms with Crippen LogP contribution < -0.4 is 4.74 Å². The van der Waals surface area contributed by atoms with Crippen molar-refractivity contribution in [2.24, 2.45) is 0 Å². The SMILES string of the molecule is O=C1CCC[C@H]2[C@H](CCN2C(=O)c2cccc(Oc3ncccn3)c2)N1Cc1ccc(F)cc1. The molecule has 2 aliphatic heterocycles. The van der Waals surface area contributed by atoms with E-state index in [1.165, 1.54) is 12.1 Å². The number of carbonyl (C=O) groups excluding carboxylic acids is 2. The number of hydrogen-bond donors (Lipinski definition) is 0. The fourth-order valence-corrected chi connectivity index (χ4v) is 4.89. The second kappa shape index (κ2) is 9.59. The van der Waals surface area contributed by atoms with E-state index in [9.17, 15) is 14.0 Å². The van der Waals surface area contributed by atoms with Crippen LogP contribution in [0.1, 0.15) is 41.6 Å². The van der Waals surface area contributed by atoms with Gasteiger partial charge in [0.25, 0.3) is 5.91 Å². The number of amides is 2. The standard InChI is InChI=1S/C26H25FN4O3/c27-20-10-8-18(9-11-20)17-31-23-12-15-30(22(23)6-2-7-24(31)32)25(33)19-4-1-5-21(16-19)34-26-28-13-3-14-29-26/h1,3-5,8-11,13-14,16,22-23H,2,6-7,12,15,17H2/t22-,23-/m0/s1. The minimum Gasteiger partial charge on any atom is -0.424 e. The number of hydrogen-bond acceptors (Lipinski definition) is 5. The summed E-state index contributed by atoms with van der Waals surface area (Å²) in [5, 5.41) is 0. The van der Waals surface area contributed by atoms with Gasteiger partial charge in [-0.05, 0) is 61.2 Å². The van der Waals surface area contributed by atoms with Crippen LogP contribution in [-0.4, -0.2) is 50.2 Å². The largest absolute Gasteiger partial charge is 0.424 e. The lowest BCUT2D eigenvalue weighted by atomic mass is 10.0. The van der Waals surface area contributed by atoms with Crippen molar-refractivity contribution in [3.05, 3.63) is 83.9 Å². The Labute approximate surface area is 197 Å². The molecule has 2 atom stereocenters. The highest BCUT2D eigenvalue weighted by Gasteiger charge is 2.43. The smallest absolute Gasteiger partial charge is 0.321 e. The Morgan fingerprint density at radius 3 is 2.62 bits per heavy atom. The molecule has 2 amide bonds. The summed E-state index contributed by atoms with van der Waals surface area (Å²) < 4.78 is 19.0. The van der Waals surface area contributed by atoms with E-state index < -0.39 is 0 Å². The Bertz CT molecular complexity index is 1170. The molecule has 34 heavy (non-hydrogen) atoms. The molecule has 0 spiro atoms. The number of ether oxygens (including phenoxy) is 1. The molecule has 1 aromatic heterocycles. The molecule has 3 heterocycles. The van der Waals surface area contributed by atoms with Crippen molar-refractivity contribution in [2.75, 3.05) is 6.54 Å². The third-order valence-electron chi connectivity index (χ3n) is 6.48. The van der Waals surface area contributed by atoms with Gasteiger partial charge in [0.05, 0.1) is 12.1 Å². The first-order valence-corrected chi connectivity index (χ1v) is 11.5. The van der Waals surface area contributed by atoms with Crippen molar-refractivity contribution in [3.8, 4) is 11.8 Å². The summed E-state index contributed by atoms with van der Waals surface area (Å²) in [5.41, 5.74) is 1.41. The summed E-state index contributed by atoms with van der Waals surface area (Å²) in [4.78, 5) is 38.3. The molecule has 8 heteroatoms. The Balaban J connectivity index is 1.34. The van der Waals surface area contributed by atoms with Crippen molar-refractivity contribution in [2.45, 2.75) is 44.3 Å². The summed E-state index contributed by atoms with van der Waals surface area (Å²) in [6, 6.07) is 15.1. The molecule has 0 radical (unpaired) electrons. The average Bonchev–Trinajstić information content (AvgIpc) is 3.20. The maximum Gasteiger partial charge on any atom is 0.321 e. The molecule has 0 unspecified atom stereocenters. The molecule has 0 N–H and O–H groups in total. The van der Waals surface area contributed by atoms with Crippen LogP contribution in [0.5, 0.6) is 11.8 Å². The molecule has 2 saturated heterocycles. The first kappa shape index (κ1) is 22.0. The van der Waals surface area contributed by atoms with E-state index in [4.69, 9.17) is 4.74 Å². The number of nitrogens with zero attached hydrogens (tertiary/aromatic N) is 4. The maximum absolute atomic E-state index is 13.5. The van der Waals surface area contributed by atoms with Gasteiger partial charge in [-0.3, -0.25) is 9.59 Å². The molecule has 2 fully saturated rings. The molecule has 0 saturated carbocycles. The molecular formula is C26H25FN4O3. The zero-order chi connectivity index (χ0) is 23.5. The molecule has 5 rings (SSSR count). The molecule has 2 aromatic carbocycles. The van der Waals surface area contributed by atoms with Crippen LogP contribution in [0.25, 0.3) is 0 Å². The van der Waals surface area contributed by atoms with Gasteiger partial charge in [-0.2, -0.15) is 0 Å². The van der Waals surface area contributed by atoms with Crippen LogP contribution in [0.3, 0.4) is 0 Å². The van der Waals surface area contributed by atoms with Crippen LogP contribution >= 0.6 is 0 Å². The second-order valence-corrected chi connectivity index (χ2v) is 8.62. The number of benzene rings is 2. The van der Waals surface area contributed by atoms with Gasteiger partial charge in [-0.1, -0.05) is 18.2 Å². The molecule has 0 aliphatic carbocycles. The lowest BCUT2D eigenvalue weighted by Crippen LogP contribution is -2.47. The van der Waals surface area contributed by atoms with Gasteiger partial charge in [0.15, 0.2) is 0 Å². The van der Waals surface area contributed by atoms with Crippen LogP contribution in [-0.2, 0) is 11.3 Å². The lowest BCUT2D eigenvalue weighted by molar-refractivity contribution is -0.133. The monoisotopic (exact) mass is 460 g/mol. The Morgan fingerprint density at radius 2 is 1.82 bits per heavy atom. The fraction of sp³-hybridized carbons (Fsp3) is 0.308. The highest BCUT2D eigenvalue weighted by molar-refractivity contribution is 5.95. The van der Waals surface area contributed by atoms with Gasteiger partial charge >= 0.3 is 6.01 Å². The summed E-state index contributed by atoms with van der Waals surface area (Å²) in [5.74, 6) is 0.195. The van der Waals surface area contributed by atoms with E-state index in [1.54, 1.807) is 54.9 Å². The molecule has 0 bridgehead atoms. The summed E-state index contributed by atoms with van der Waals surface area (Å²) in [6.45, 7) is 0.997. The van der Waals surface area contributed by atoms with E-state index in [2.05, 4.69) is 9.97 Å². The summed E-state index contributed by atoms with van der Waals surface area (Å²) >= 11 is 0. The van der Waals surface area contributed by atoms with E-state index in [0.29, 0.717) is 30.8 Å². The van der Waals surface area contributed by atoms with Gasteiger partial charge in [-0.25, -0.2) is 14.4 Å². The zero-order valence-corrected chi connectivity index (χ0v) is 18.6. The van der Waals surface area contributed by atoms with Crippen molar-refractivity contribution >= 4 is 11.8 Å². The van der Waals surface area contributed by atoms with Gasteiger partial charge in [0.2, 0.25) is 5.91 Å². The minimum absolute atomic E-state index is 0.0542. The highest BCUT2D eigenvalue weighted by Crippen LogP contribution is 2.33. The predicted octanol–water partition coefficient (Wildman–Crippen LogP) is 4.20. The Kier molecular flexibility index (Phi) is 6.20. The van der Waals surface area contributed by atoms with Crippen molar-refractivity contribution in [1.29, 1.82) is 0 Å². The average molecular weight is 461 g/mol. The minimum atomic E-state index is -0.300. The molecule has 2 aliphatic rings. The van der Waals surface area contributed by atoms with Crippen molar-refractivity contribution < 1.29 is 18.7 Å². The van der Waals surface area contributed by atoms with E-state index >= 15 is 0 Å². The molecule has 7 nitrogen and oxygen atoms in total. The number of halogens is 1. The number of fused-ring (bicyclic) bond motifs is 1. The Hall–Kier alpha value is -3.81. The van der Waals surface area contributed by atoms with Crippen LogP contribution in [0, 0.1) is 5.82 Å². The highest BCUT2D eigenvalue weighted by atomic mass is 19.1. The van der Waals surface area contributed by atoms with Crippen LogP contribution in [0.15, 0.2) is 67.0 Å². The third-order valence-corrected chi connectivity index (χ3v) is 6.48. The van der Waals surface area contributed by atoms with Gasteiger partial charge in [0.1, 0.15) is 11.6 Å². The zero-order valence-electron chi connectivity index (χ0n) is 18.6. The van der Waals surface area contributed by atoms with Gasteiger partial charge < -0.3 is 14.5 Å². The number of likely N-dealkylation sites (tertiary alicyclic amines) is 2. The number of aromatic nitrogens is 2. The lowest BCUT2D eigenvalue weighted by Gasteiger charge is -2.33. The predicted molar refractivity (Wildman–Crippen MR) is 123 cm³/mol. The number of carbonyl (C=O) groups is 2. The first-order chi connectivity index (χ1) is 16.6. The topological polar surface area (TPSA) is 75.6 Å². The van der Waals surface area contributed by atoms with Crippen LogP contribution in [0.4, 0.5) is 4.39 Å². The Morgan fingerprint density at radius 1 is 1.03 bits per heavy atom. The quantitative estimate of drug-likeness (QED) is 0.570. The van der Waals surface area contributed by atoms with Crippen LogP contribution in [0.2, 0.25) is 0 Å². The van der Waals surface area contributed by atoms with Gasteiger partial charge in [0, 0.05) is 37.5 Å². The summed E-state index contributed by atoms with van der Waals surface area (Å²) in [7, 11) is 0. The third kappa shape index (κ3) is 4.62. The van der Waals surface area contributed by atoms with E-state index in [0.717, 1.165) is 24.8 Å². The molecular weight excluding hydrogens is 435 g/mol. The first-order valence-electron chi connectivity index (χ1n) is 11.5. The second-order valence-electron chi connectivity index (χ2n) is 8.62. The van der Waals surface area contributed by atoms with Crippen molar-refractivity contribution in [1.82, 2.24) is 19.8 Å².